The molecule has 0 saturated carbocycles. The number of hydrogen-bond acceptors (Lipinski definition) is 3. The Balaban J connectivity index is 1.75. The van der Waals surface area contributed by atoms with E-state index in [1.54, 1.807) is 6.08 Å². The third-order valence-corrected chi connectivity index (χ3v) is 3.04. The molecule has 0 unspecified atom stereocenters. The molecule has 1 N–H and O–H groups in total. The predicted octanol–water partition coefficient (Wildman–Crippen LogP) is 3.58. The van der Waals surface area contributed by atoms with Crippen LogP contribution in [0.4, 0.5) is 9.18 Å². The number of nitrogens with one attached hydrogen (secondary N) is 1. The van der Waals surface area contributed by atoms with Crippen LogP contribution in [0.3, 0.4) is 0 Å². The second-order valence-corrected chi connectivity index (χ2v) is 4.74. The van der Waals surface area contributed by atoms with Gasteiger partial charge in [0.05, 0.1) is 0 Å². The van der Waals surface area contributed by atoms with Crippen LogP contribution in [0.2, 0.25) is 0 Å². The van der Waals surface area contributed by atoms with Crippen LogP contribution in [-0.4, -0.2) is 18.9 Å². The van der Waals surface area contributed by atoms with Gasteiger partial charge in [0.1, 0.15) is 18.7 Å². The summed E-state index contributed by atoms with van der Waals surface area (Å²) in [6.07, 6.45) is 3.17. The Labute approximate surface area is 133 Å². The third-order valence-electron chi connectivity index (χ3n) is 3.04. The molecule has 118 valence electrons. The van der Waals surface area contributed by atoms with Crippen molar-refractivity contribution in [3.8, 4) is 0 Å². The van der Waals surface area contributed by atoms with Gasteiger partial charge in [0.2, 0.25) is 0 Å². The van der Waals surface area contributed by atoms with E-state index in [4.69, 9.17) is 4.74 Å². The molecule has 0 heterocycles. The molecular formula is C18H16FNO3. The third kappa shape index (κ3) is 5.39. The molecule has 2 aromatic carbocycles. The average Bonchev–Trinajstić information content (AvgIpc) is 2.58. The Hall–Kier alpha value is -2.95. The van der Waals surface area contributed by atoms with Gasteiger partial charge >= 0.3 is 6.09 Å². The maximum absolute atomic E-state index is 13.6. The lowest BCUT2D eigenvalue weighted by Crippen LogP contribution is -2.24. The number of hydrogen-bond donors (Lipinski definition) is 1. The van der Waals surface area contributed by atoms with E-state index in [-0.39, 0.29) is 18.7 Å². The van der Waals surface area contributed by atoms with Gasteiger partial charge in [-0.1, -0.05) is 54.6 Å². The quantitative estimate of drug-likeness (QED) is 0.829. The molecule has 0 aliphatic rings. The molecule has 4 nitrogen and oxygen atoms in total. The van der Waals surface area contributed by atoms with Gasteiger partial charge < -0.3 is 10.1 Å². The molecule has 0 saturated heterocycles. The van der Waals surface area contributed by atoms with Crippen LogP contribution in [-0.2, 0) is 11.3 Å². The van der Waals surface area contributed by atoms with Gasteiger partial charge in [-0.15, -0.1) is 0 Å². The number of ether oxygens (including phenoxy) is 1. The van der Waals surface area contributed by atoms with Crippen LogP contribution in [0.5, 0.6) is 0 Å². The lowest BCUT2D eigenvalue weighted by molar-refractivity contribution is 0.112. The smallest absolute Gasteiger partial charge is 0.407 e. The second kappa shape index (κ2) is 8.48. The maximum atomic E-state index is 13.6. The van der Waals surface area contributed by atoms with E-state index >= 15 is 0 Å². The summed E-state index contributed by atoms with van der Waals surface area (Å²) < 4.78 is 18.6. The lowest BCUT2D eigenvalue weighted by atomic mass is 10.1. The highest BCUT2D eigenvalue weighted by molar-refractivity contribution is 5.75. The highest BCUT2D eigenvalue weighted by Crippen LogP contribution is 2.10. The van der Waals surface area contributed by atoms with Crippen LogP contribution < -0.4 is 5.32 Å². The van der Waals surface area contributed by atoms with E-state index < -0.39 is 11.9 Å². The summed E-state index contributed by atoms with van der Waals surface area (Å²) in [4.78, 5) is 22.0. The molecule has 1 amide bonds. The van der Waals surface area contributed by atoms with Crippen molar-refractivity contribution >= 4 is 18.5 Å². The van der Waals surface area contributed by atoms with Crippen molar-refractivity contribution in [2.45, 2.75) is 6.61 Å². The highest BCUT2D eigenvalue weighted by Gasteiger charge is 2.02. The molecule has 2 aromatic rings. The van der Waals surface area contributed by atoms with Crippen molar-refractivity contribution < 1.29 is 18.7 Å². The molecule has 0 aliphatic heterocycles. The maximum Gasteiger partial charge on any atom is 0.407 e. The Morgan fingerprint density at radius 2 is 1.96 bits per heavy atom. The van der Waals surface area contributed by atoms with Gasteiger partial charge in [-0.3, -0.25) is 4.79 Å². The summed E-state index contributed by atoms with van der Waals surface area (Å²) in [7, 11) is 0. The van der Waals surface area contributed by atoms with Crippen molar-refractivity contribution in [1.82, 2.24) is 5.32 Å². The number of carbonyl (C=O) groups excluding carboxylic acids is 2. The van der Waals surface area contributed by atoms with Crippen molar-refractivity contribution in [1.29, 1.82) is 0 Å². The van der Waals surface area contributed by atoms with Gasteiger partial charge in [0.15, 0.2) is 0 Å². The van der Waals surface area contributed by atoms with Gasteiger partial charge in [0, 0.05) is 17.7 Å². The van der Waals surface area contributed by atoms with Crippen LogP contribution in [0.1, 0.15) is 21.5 Å². The van der Waals surface area contributed by atoms with E-state index in [1.165, 1.54) is 18.2 Å². The minimum Gasteiger partial charge on any atom is -0.445 e. The van der Waals surface area contributed by atoms with Crippen LogP contribution >= 0.6 is 0 Å². The Bertz CT molecular complexity index is 699. The topological polar surface area (TPSA) is 55.4 Å². The van der Waals surface area contributed by atoms with Crippen LogP contribution in [0.25, 0.3) is 6.08 Å². The van der Waals surface area contributed by atoms with Crippen LogP contribution in [0, 0.1) is 5.82 Å². The fourth-order valence-electron chi connectivity index (χ4n) is 1.85. The Morgan fingerprint density at radius 3 is 2.65 bits per heavy atom. The number of amides is 1. The standard InChI is InChI=1S/C18H16FNO3/c19-17-11-15(12-21)8-9-16(17)7-4-10-20-18(22)23-13-14-5-2-1-3-6-14/h1-9,11-12H,10,13H2,(H,20,22). The van der Waals surface area contributed by atoms with Crippen molar-refractivity contribution in [2.75, 3.05) is 6.54 Å². The molecule has 0 spiro atoms. The molecule has 0 bridgehead atoms. The summed E-state index contributed by atoms with van der Waals surface area (Å²) in [5, 5.41) is 2.54. The second-order valence-electron chi connectivity index (χ2n) is 4.74. The van der Waals surface area contributed by atoms with Gasteiger partial charge in [-0.05, 0) is 11.6 Å². The van der Waals surface area contributed by atoms with Gasteiger partial charge in [-0.25, -0.2) is 9.18 Å². The SMILES string of the molecule is O=Cc1ccc(C=CCNC(=O)OCc2ccccc2)c(F)c1. The molecule has 23 heavy (non-hydrogen) atoms. The van der Waals surface area contributed by atoms with Gasteiger partial charge in [-0.2, -0.15) is 0 Å². The number of halogens is 1. The molecule has 0 aliphatic carbocycles. The van der Waals surface area contributed by atoms with E-state index in [0.29, 0.717) is 11.8 Å². The average molecular weight is 313 g/mol. The first-order valence-corrected chi connectivity index (χ1v) is 7.05. The molecule has 0 atom stereocenters. The minimum absolute atomic E-state index is 0.193. The van der Waals surface area contributed by atoms with E-state index in [1.807, 2.05) is 30.3 Å². The van der Waals surface area contributed by atoms with E-state index in [0.717, 1.165) is 11.6 Å². The molecular weight excluding hydrogens is 297 g/mol. The summed E-state index contributed by atoms with van der Waals surface area (Å²) in [6.45, 7) is 0.403. The number of benzene rings is 2. The Morgan fingerprint density at radius 1 is 1.17 bits per heavy atom. The van der Waals surface area contributed by atoms with Crippen LogP contribution in [0.15, 0.2) is 54.6 Å². The first kappa shape index (κ1) is 16.4. The molecule has 5 heteroatoms. The lowest BCUT2D eigenvalue weighted by Gasteiger charge is -2.05. The highest BCUT2D eigenvalue weighted by atomic mass is 19.1. The summed E-state index contributed by atoms with van der Waals surface area (Å²) in [5.74, 6) is -0.488. The summed E-state index contributed by atoms with van der Waals surface area (Å²) in [6, 6.07) is 13.5. The zero-order valence-electron chi connectivity index (χ0n) is 12.4. The Kier molecular flexibility index (Phi) is 6.06. The number of carbonyl (C=O) groups is 2. The fraction of sp³-hybridized carbons (Fsp3) is 0.111. The van der Waals surface area contributed by atoms with Gasteiger partial charge in [0.25, 0.3) is 0 Å². The first-order chi connectivity index (χ1) is 11.2. The van der Waals surface area contributed by atoms with Crippen molar-refractivity contribution in [2.24, 2.45) is 0 Å². The van der Waals surface area contributed by atoms with E-state index in [2.05, 4.69) is 5.32 Å². The predicted molar refractivity (Wildman–Crippen MR) is 85.5 cm³/mol. The zero-order chi connectivity index (χ0) is 16.5. The molecule has 0 fully saturated rings. The molecule has 0 radical (unpaired) electrons. The van der Waals surface area contributed by atoms with Crippen molar-refractivity contribution in [3.05, 3.63) is 77.1 Å². The minimum atomic E-state index is -0.546. The largest absolute Gasteiger partial charge is 0.445 e. The number of aldehydes is 1. The summed E-state index contributed by atoms with van der Waals surface area (Å²) >= 11 is 0. The first-order valence-electron chi connectivity index (χ1n) is 7.05. The van der Waals surface area contributed by atoms with E-state index in [9.17, 15) is 14.0 Å². The fourth-order valence-corrected chi connectivity index (χ4v) is 1.85. The monoisotopic (exact) mass is 313 g/mol. The number of alkyl carbamates (subject to hydrolysis) is 1. The molecule has 2 rings (SSSR count). The number of rotatable bonds is 6. The summed E-state index contributed by atoms with van der Waals surface area (Å²) in [5.41, 5.74) is 1.52. The normalized spacial score (nSPS) is 10.5. The zero-order valence-corrected chi connectivity index (χ0v) is 12.4. The molecule has 0 aromatic heterocycles. The van der Waals surface area contributed by atoms with Crippen molar-refractivity contribution in [3.63, 3.8) is 0 Å².